The average Bonchev–Trinajstić information content (AvgIpc) is 2.61. The van der Waals surface area contributed by atoms with Gasteiger partial charge in [-0.3, -0.25) is 4.79 Å². The Morgan fingerprint density at radius 3 is 1.92 bits per heavy atom. The van der Waals surface area contributed by atoms with Crippen molar-refractivity contribution >= 4 is 21.8 Å². The minimum Gasteiger partial charge on any atom is -0.469 e. The Morgan fingerprint density at radius 1 is 1.04 bits per heavy atom. The van der Waals surface area contributed by atoms with E-state index in [0.29, 0.717) is 10.2 Å². The maximum atomic E-state index is 12.6. The number of ether oxygens (including phenoxy) is 1. The van der Waals surface area contributed by atoms with E-state index < -0.39 is 5.60 Å². The molecule has 0 aromatic heterocycles. The second-order valence-electron chi connectivity index (χ2n) is 6.02. The summed E-state index contributed by atoms with van der Waals surface area (Å²) in [5.74, 6) is 0.239. The summed E-state index contributed by atoms with van der Waals surface area (Å²) in [6.07, 6.45) is 0. The van der Waals surface area contributed by atoms with Gasteiger partial charge >= 0.3 is 0 Å². The Balaban J connectivity index is 2.29. The second kappa shape index (κ2) is 6.44. The number of carbonyl (C=O) groups excluding carboxylic acids is 1. The van der Waals surface area contributed by atoms with E-state index in [2.05, 4.69) is 15.9 Å². The van der Waals surface area contributed by atoms with Crippen molar-refractivity contribution in [2.24, 2.45) is 0 Å². The van der Waals surface area contributed by atoms with Gasteiger partial charge in [-0.2, -0.15) is 0 Å². The summed E-state index contributed by atoms with van der Waals surface area (Å²) in [7, 11) is 1.83. The minimum atomic E-state index is -0.754. The van der Waals surface area contributed by atoms with E-state index in [1.54, 1.807) is 4.90 Å². The normalized spacial score (nSPS) is 22.1. The van der Waals surface area contributed by atoms with E-state index in [1.807, 2.05) is 81.6 Å². The lowest BCUT2D eigenvalue weighted by atomic mass is 9.78. The van der Waals surface area contributed by atoms with Crippen LogP contribution < -0.4 is 0 Å². The largest absolute Gasteiger partial charge is 0.469 e. The molecule has 4 heteroatoms. The van der Waals surface area contributed by atoms with Crippen LogP contribution in [0, 0.1) is 0 Å². The van der Waals surface area contributed by atoms with Gasteiger partial charge in [-0.1, -0.05) is 76.6 Å². The lowest BCUT2D eigenvalue weighted by molar-refractivity contribution is -0.152. The third kappa shape index (κ3) is 2.55. The van der Waals surface area contributed by atoms with Crippen LogP contribution >= 0.6 is 15.9 Å². The van der Waals surface area contributed by atoms with Crippen LogP contribution in [0.4, 0.5) is 0 Å². The molecule has 0 radical (unpaired) electrons. The van der Waals surface area contributed by atoms with Crippen LogP contribution in [0.1, 0.15) is 25.0 Å². The quantitative estimate of drug-likeness (QED) is 0.715. The number of hydrogen-bond acceptors (Lipinski definition) is 2. The highest BCUT2D eigenvalue weighted by atomic mass is 79.9. The molecule has 2 aromatic rings. The first-order valence-electron chi connectivity index (χ1n) is 7.92. The summed E-state index contributed by atoms with van der Waals surface area (Å²) in [6.45, 7) is 3.86. The van der Waals surface area contributed by atoms with Crippen molar-refractivity contribution in [2.45, 2.75) is 25.5 Å². The van der Waals surface area contributed by atoms with Crippen molar-refractivity contribution in [3.05, 3.63) is 82.0 Å². The Bertz CT molecular complexity index is 727. The molecule has 124 valence electrons. The molecule has 1 aliphatic rings. The number of rotatable bonds is 2. The monoisotopic (exact) mass is 385 g/mol. The lowest BCUT2D eigenvalue weighted by Crippen LogP contribution is -2.57. The van der Waals surface area contributed by atoms with Crippen LogP contribution in [-0.2, 0) is 15.1 Å². The number of morpholine rings is 1. The smallest absolute Gasteiger partial charge is 0.289 e. The number of likely N-dealkylation sites (N-methyl/N-ethyl adjacent to an activating group) is 1. The van der Waals surface area contributed by atoms with Gasteiger partial charge in [0.1, 0.15) is 0 Å². The molecule has 0 spiro atoms. The van der Waals surface area contributed by atoms with Gasteiger partial charge in [-0.05, 0) is 13.8 Å². The zero-order valence-corrected chi connectivity index (χ0v) is 15.6. The molecule has 24 heavy (non-hydrogen) atoms. The molecule has 0 unspecified atom stereocenters. The molecule has 1 heterocycles. The Kier molecular flexibility index (Phi) is 4.50. The van der Waals surface area contributed by atoms with E-state index in [1.165, 1.54) is 0 Å². The van der Waals surface area contributed by atoms with Crippen LogP contribution in [0.3, 0.4) is 0 Å². The number of allylic oxidation sites excluding steroid dienone is 1. The zero-order chi connectivity index (χ0) is 17.3. The number of halogens is 1. The van der Waals surface area contributed by atoms with Crippen molar-refractivity contribution in [1.29, 1.82) is 0 Å². The summed E-state index contributed by atoms with van der Waals surface area (Å²) in [4.78, 5) is 14.4. The molecule has 2 aromatic carbocycles. The molecule has 0 aliphatic carbocycles. The molecule has 1 amide bonds. The second-order valence-corrected chi connectivity index (χ2v) is 7.21. The standard InChI is InChI=1S/C20H20BrNO2/c1-14(21)18-19(23)22(3)15(2)20(24-18,16-10-6-4-7-11-16)17-12-8-5-9-13-17/h4-13,15H,1-3H3/b18-14-/t15-/m0/s1. The summed E-state index contributed by atoms with van der Waals surface area (Å²) >= 11 is 3.43. The highest BCUT2D eigenvalue weighted by Gasteiger charge is 2.51. The summed E-state index contributed by atoms with van der Waals surface area (Å²) in [6, 6.07) is 20.0. The SMILES string of the molecule is C/C(Br)=C1/OC(c2ccccc2)(c2ccccc2)[C@H](C)N(C)C1=O. The molecular weight excluding hydrogens is 366 g/mol. The molecule has 3 nitrogen and oxygen atoms in total. The fourth-order valence-electron chi connectivity index (χ4n) is 3.25. The van der Waals surface area contributed by atoms with Gasteiger partial charge in [0.25, 0.3) is 5.91 Å². The van der Waals surface area contributed by atoms with Crippen LogP contribution in [0.2, 0.25) is 0 Å². The predicted molar refractivity (Wildman–Crippen MR) is 98.6 cm³/mol. The first-order chi connectivity index (χ1) is 11.5. The van der Waals surface area contributed by atoms with Gasteiger partial charge < -0.3 is 9.64 Å². The van der Waals surface area contributed by atoms with Crippen molar-refractivity contribution in [1.82, 2.24) is 4.90 Å². The van der Waals surface area contributed by atoms with Gasteiger partial charge in [0.05, 0.1) is 6.04 Å². The first-order valence-corrected chi connectivity index (χ1v) is 8.71. The van der Waals surface area contributed by atoms with Gasteiger partial charge in [0.15, 0.2) is 11.4 Å². The third-order valence-electron chi connectivity index (χ3n) is 4.67. The topological polar surface area (TPSA) is 29.5 Å². The molecule has 1 atom stereocenters. The number of carbonyl (C=O) groups is 1. The number of amides is 1. The van der Waals surface area contributed by atoms with Crippen molar-refractivity contribution in [2.75, 3.05) is 7.05 Å². The molecule has 0 N–H and O–H groups in total. The predicted octanol–water partition coefficient (Wildman–Crippen LogP) is 4.43. The number of benzene rings is 2. The third-order valence-corrected chi connectivity index (χ3v) is 5.03. The highest BCUT2D eigenvalue weighted by molar-refractivity contribution is 9.11. The van der Waals surface area contributed by atoms with Crippen molar-refractivity contribution in [3.63, 3.8) is 0 Å². The Labute approximate surface area is 151 Å². The lowest BCUT2D eigenvalue weighted by Gasteiger charge is -2.48. The van der Waals surface area contributed by atoms with Gasteiger partial charge in [-0.15, -0.1) is 0 Å². The maximum absolute atomic E-state index is 12.6. The first kappa shape index (κ1) is 16.8. The van der Waals surface area contributed by atoms with Gasteiger partial charge in [0.2, 0.25) is 0 Å². The fraction of sp³-hybridized carbons (Fsp3) is 0.250. The fourth-order valence-corrected chi connectivity index (χ4v) is 3.51. The molecule has 1 aliphatic heterocycles. The van der Waals surface area contributed by atoms with Crippen LogP contribution in [-0.4, -0.2) is 23.9 Å². The van der Waals surface area contributed by atoms with E-state index in [-0.39, 0.29) is 11.9 Å². The molecule has 1 fully saturated rings. The Morgan fingerprint density at radius 2 is 1.50 bits per heavy atom. The van der Waals surface area contributed by atoms with Crippen molar-refractivity contribution < 1.29 is 9.53 Å². The Hall–Kier alpha value is -2.07. The van der Waals surface area contributed by atoms with E-state index in [4.69, 9.17) is 4.74 Å². The summed E-state index contributed by atoms with van der Waals surface area (Å²) < 4.78 is 7.14. The molecular formula is C20H20BrNO2. The molecule has 0 saturated carbocycles. The van der Waals surface area contributed by atoms with Crippen LogP contribution in [0.5, 0.6) is 0 Å². The average molecular weight is 386 g/mol. The molecule has 3 rings (SSSR count). The van der Waals surface area contributed by atoms with E-state index in [0.717, 1.165) is 11.1 Å². The van der Waals surface area contributed by atoms with E-state index in [9.17, 15) is 4.79 Å². The van der Waals surface area contributed by atoms with Crippen LogP contribution in [0.15, 0.2) is 70.9 Å². The number of hydrogen-bond donors (Lipinski definition) is 0. The summed E-state index contributed by atoms with van der Waals surface area (Å²) in [5.41, 5.74) is 1.29. The maximum Gasteiger partial charge on any atom is 0.289 e. The summed E-state index contributed by atoms with van der Waals surface area (Å²) in [5, 5.41) is 0. The number of nitrogens with zero attached hydrogens (tertiary/aromatic N) is 1. The van der Waals surface area contributed by atoms with Crippen LogP contribution in [0.25, 0.3) is 0 Å². The van der Waals surface area contributed by atoms with Gasteiger partial charge in [0, 0.05) is 22.7 Å². The van der Waals surface area contributed by atoms with Gasteiger partial charge in [-0.25, -0.2) is 0 Å². The highest BCUT2D eigenvalue weighted by Crippen LogP contribution is 2.45. The molecule has 0 bridgehead atoms. The zero-order valence-electron chi connectivity index (χ0n) is 14.0. The molecule has 1 saturated heterocycles. The van der Waals surface area contributed by atoms with Crippen molar-refractivity contribution in [3.8, 4) is 0 Å². The van der Waals surface area contributed by atoms with E-state index >= 15 is 0 Å². The minimum absolute atomic E-state index is 0.112.